The Bertz CT molecular complexity index is 429. The lowest BCUT2D eigenvalue weighted by Crippen LogP contribution is -2.16. The average Bonchev–Trinajstić information content (AvgIpc) is 2.57. The molecule has 2 nitrogen and oxygen atoms in total. The zero-order valence-electron chi connectivity index (χ0n) is 9.66. The molecule has 1 rings (SSSR count). The minimum absolute atomic E-state index is 0.0249. The van der Waals surface area contributed by atoms with Crippen molar-refractivity contribution in [3.05, 3.63) is 20.3 Å². The molecule has 0 fully saturated rings. The summed E-state index contributed by atoms with van der Waals surface area (Å²) in [7, 11) is -1.13. The van der Waals surface area contributed by atoms with Crippen LogP contribution in [0.2, 0.25) is 8.67 Å². The van der Waals surface area contributed by atoms with E-state index in [1.54, 1.807) is 0 Å². The smallest absolute Gasteiger partial charge is 0.177 e. The predicted molar refractivity (Wildman–Crippen MR) is 76.0 cm³/mol. The van der Waals surface area contributed by atoms with Gasteiger partial charge in [-0.25, -0.2) is 0 Å². The molecular weight excluding hydrogens is 299 g/mol. The van der Waals surface area contributed by atoms with Gasteiger partial charge in [0.2, 0.25) is 0 Å². The fourth-order valence-electron chi connectivity index (χ4n) is 1.25. The van der Waals surface area contributed by atoms with Crippen LogP contribution >= 0.6 is 34.5 Å². The summed E-state index contributed by atoms with van der Waals surface area (Å²) in [4.78, 5) is 11.8. The van der Waals surface area contributed by atoms with Crippen LogP contribution in [0.15, 0.2) is 6.07 Å². The Hall–Kier alpha value is 0.1000. The molecule has 96 valence electrons. The summed E-state index contributed by atoms with van der Waals surface area (Å²) < 4.78 is 12.6. The number of ketones is 1. The molecule has 0 aliphatic heterocycles. The summed E-state index contributed by atoms with van der Waals surface area (Å²) in [5, 5.41) is 0. The van der Waals surface area contributed by atoms with Crippen molar-refractivity contribution in [1.29, 1.82) is 0 Å². The van der Waals surface area contributed by atoms with Crippen LogP contribution in [-0.2, 0) is 10.8 Å². The van der Waals surface area contributed by atoms with E-state index >= 15 is 0 Å². The van der Waals surface area contributed by atoms with Gasteiger partial charge >= 0.3 is 0 Å². The highest BCUT2D eigenvalue weighted by Gasteiger charge is 2.17. The van der Waals surface area contributed by atoms with Crippen molar-refractivity contribution < 1.29 is 9.00 Å². The van der Waals surface area contributed by atoms with Crippen LogP contribution in [0.1, 0.15) is 30.6 Å². The highest BCUT2D eigenvalue weighted by atomic mass is 35.5. The Morgan fingerprint density at radius 1 is 1.53 bits per heavy atom. The van der Waals surface area contributed by atoms with Crippen LogP contribution in [0.5, 0.6) is 0 Å². The van der Waals surface area contributed by atoms with E-state index < -0.39 is 10.8 Å². The third kappa shape index (κ3) is 4.70. The van der Waals surface area contributed by atoms with E-state index in [2.05, 4.69) is 0 Å². The van der Waals surface area contributed by atoms with Crippen LogP contribution in [0.25, 0.3) is 0 Å². The van der Waals surface area contributed by atoms with Crippen LogP contribution in [0.3, 0.4) is 0 Å². The van der Waals surface area contributed by atoms with E-state index in [1.165, 1.54) is 6.07 Å². The van der Waals surface area contributed by atoms with Gasteiger partial charge in [-0.1, -0.05) is 43.5 Å². The van der Waals surface area contributed by atoms with Gasteiger partial charge in [0.1, 0.15) is 4.34 Å². The summed E-state index contributed by atoms with van der Waals surface area (Å²) in [5.41, 5.74) is 0.388. The van der Waals surface area contributed by atoms with Gasteiger partial charge in [-0.2, -0.15) is 0 Å². The number of thiophene rings is 1. The monoisotopic (exact) mass is 312 g/mol. The molecule has 0 aliphatic carbocycles. The van der Waals surface area contributed by atoms with Crippen molar-refractivity contribution in [2.24, 2.45) is 5.92 Å². The fourth-order valence-corrected chi connectivity index (χ4v) is 4.18. The fraction of sp³-hybridized carbons (Fsp3) is 0.545. The number of carbonyl (C=O) groups is 1. The minimum atomic E-state index is -1.13. The van der Waals surface area contributed by atoms with E-state index in [9.17, 15) is 9.00 Å². The molecule has 0 aliphatic rings. The third-order valence-corrected chi connectivity index (χ3v) is 5.43. The van der Waals surface area contributed by atoms with Gasteiger partial charge in [-0.05, 0) is 12.0 Å². The molecule has 2 unspecified atom stereocenters. The normalized spacial score (nSPS) is 14.6. The first-order valence-corrected chi connectivity index (χ1v) is 8.33. The lowest BCUT2D eigenvalue weighted by atomic mass is 10.2. The molecule has 1 heterocycles. The first-order chi connectivity index (χ1) is 7.93. The van der Waals surface area contributed by atoms with Gasteiger partial charge in [-0.15, -0.1) is 11.3 Å². The lowest BCUT2D eigenvalue weighted by Gasteiger charge is -2.07. The molecule has 1 aromatic heterocycles. The first-order valence-electron chi connectivity index (χ1n) is 5.27. The Kier molecular flexibility index (Phi) is 6.13. The van der Waals surface area contributed by atoms with Gasteiger partial charge in [0, 0.05) is 22.1 Å². The van der Waals surface area contributed by atoms with E-state index in [0.717, 1.165) is 17.8 Å². The quantitative estimate of drug-likeness (QED) is 0.743. The van der Waals surface area contributed by atoms with E-state index in [-0.39, 0.29) is 11.5 Å². The zero-order valence-corrected chi connectivity index (χ0v) is 12.8. The molecule has 0 aromatic carbocycles. The second-order valence-corrected chi connectivity index (χ2v) is 7.71. The molecule has 0 saturated heterocycles. The van der Waals surface area contributed by atoms with E-state index in [0.29, 0.717) is 25.9 Å². The summed E-state index contributed by atoms with van der Waals surface area (Å²) in [6.45, 7) is 4.07. The van der Waals surface area contributed by atoms with Gasteiger partial charge in [-0.3, -0.25) is 9.00 Å². The molecule has 2 atom stereocenters. The summed E-state index contributed by atoms with van der Waals surface area (Å²) in [6.07, 6.45) is 0.963. The van der Waals surface area contributed by atoms with E-state index in [1.807, 2.05) is 13.8 Å². The number of carbonyl (C=O) groups excluding carboxylic acids is 1. The molecule has 0 bridgehead atoms. The maximum Gasteiger partial charge on any atom is 0.177 e. The number of Topliss-reactive ketones (excluding diaryl/α,β-unsaturated/α-hetero) is 1. The molecule has 0 spiro atoms. The molecule has 0 radical (unpaired) electrons. The van der Waals surface area contributed by atoms with Crippen molar-refractivity contribution >= 4 is 51.1 Å². The largest absolute Gasteiger partial charge is 0.293 e. The minimum Gasteiger partial charge on any atom is -0.293 e. The van der Waals surface area contributed by atoms with Crippen LogP contribution in [-0.4, -0.2) is 21.5 Å². The first kappa shape index (κ1) is 15.2. The van der Waals surface area contributed by atoms with Gasteiger partial charge in [0.15, 0.2) is 5.78 Å². The van der Waals surface area contributed by atoms with E-state index in [4.69, 9.17) is 23.2 Å². The third-order valence-electron chi connectivity index (χ3n) is 2.42. The number of hydrogen-bond donors (Lipinski definition) is 0. The molecule has 0 saturated carbocycles. The van der Waals surface area contributed by atoms with Gasteiger partial charge in [0.25, 0.3) is 0 Å². The summed E-state index contributed by atoms with van der Waals surface area (Å²) >= 11 is 12.8. The number of rotatable bonds is 6. The highest BCUT2D eigenvalue weighted by molar-refractivity contribution is 7.85. The Morgan fingerprint density at radius 3 is 2.65 bits per heavy atom. The van der Waals surface area contributed by atoms with Crippen molar-refractivity contribution in [1.82, 2.24) is 0 Å². The Labute approximate surface area is 118 Å². The average molecular weight is 313 g/mol. The molecule has 17 heavy (non-hydrogen) atoms. The molecule has 1 aromatic rings. The van der Waals surface area contributed by atoms with Crippen molar-refractivity contribution in [2.75, 3.05) is 11.5 Å². The Balaban J connectivity index is 2.61. The number of halogens is 2. The predicted octanol–water partition coefficient (Wildman–Crippen LogP) is 4.03. The topological polar surface area (TPSA) is 34.1 Å². The second kappa shape index (κ2) is 6.88. The van der Waals surface area contributed by atoms with Crippen LogP contribution in [0, 0.1) is 5.92 Å². The molecule has 0 amide bonds. The van der Waals surface area contributed by atoms with Crippen molar-refractivity contribution in [2.45, 2.75) is 20.3 Å². The summed E-state index contributed by atoms with van der Waals surface area (Å²) in [5.74, 6) is 0.749. The Morgan fingerprint density at radius 2 is 2.18 bits per heavy atom. The molecule has 0 N–H and O–H groups in total. The molecule has 6 heteroatoms. The van der Waals surface area contributed by atoms with Gasteiger partial charge in [0.05, 0.1) is 10.1 Å². The zero-order chi connectivity index (χ0) is 13.0. The lowest BCUT2D eigenvalue weighted by molar-refractivity contribution is 0.102. The van der Waals surface area contributed by atoms with Crippen LogP contribution < -0.4 is 0 Å². The maximum atomic E-state index is 11.8. The number of hydrogen-bond acceptors (Lipinski definition) is 3. The van der Waals surface area contributed by atoms with Gasteiger partial charge < -0.3 is 0 Å². The SMILES string of the molecule is CCC(C)CS(=O)CC(=O)c1cc(Cl)sc1Cl. The maximum absolute atomic E-state index is 11.8. The van der Waals surface area contributed by atoms with Crippen molar-refractivity contribution in [3.8, 4) is 0 Å². The summed E-state index contributed by atoms with van der Waals surface area (Å²) in [6, 6.07) is 1.54. The highest BCUT2D eigenvalue weighted by Crippen LogP contribution is 2.31. The molecular formula is C11H14Cl2O2S2. The van der Waals surface area contributed by atoms with Crippen molar-refractivity contribution in [3.63, 3.8) is 0 Å². The standard InChI is InChI=1S/C11H14Cl2O2S2/c1-3-7(2)5-17(15)6-9(14)8-4-10(12)16-11(8)13/h4,7H,3,5-6H2,1-2H3. The van der Waals surface area contributed by atoms with Crippen LogP contribution in [0.4, 0.5) is 0 Å². The second-order valence-electron chi connectivity index (χ2n) is 3.93.